The van der Waals surface area contributed by atoms with E-state index in [-0.39, 0.29) is 17.3 Å². The fourth-order valence-electron chi connectivity index (χ4n) is 3.10. The molecule has 2 rings (SSSR count). The van der Waals surface area contributed by atoms with Crippen molar-refractivity contribution < 1.29 is 32.6 Å². The van der Waals surface area contributed by atoms with Crippen LogP contribution in [0, 0.1) is 0 Å². The number of rotatable bonds is 7. The highest BCUT2D eigenvalue weighted by Crippen LogP contribution is 2.30. The molecule has 0 atom stereocenters. The fraction of sp³-hybridized carbons (Fsp3) is 0.500. The third kappa shape index (κ3) is 5.90. The van der Waals surface area contributed by atoms with Crippen molar-refractivity contribution >= 4 is 23.5 Å². The molecule has 0 aliphatic heterocycles. The van der Waals surface area contributed by atoms with E-state index < -0.39 is 30.6 Å². The number of para-hydroxylation sites is 2. The number of halogens is 2. The van der Waals surface area contributed by atoms with Gasteiger partial charge in [-0.05, 0) is 25.0 Å². The quantitative estimate of drug-likeness (QED) is 0.705. The molecule has 0 aromatic heterocycles. The van der Waals surface area contributed by atoms with Crippen molar-refractivity contribution in [1.82, 2.24) is 5.32 Å². The van der Waals surface area contributed by atoms with Crippen LogP contribution in [0.5, 0.6) is 5.75 Å². The lowest BCUT2D eigenvalue weighted by atomic mass is 9.81. The number of benzene rings is 1. The van der Waals surface area contributed by atoms with Crippen LogP contribution in [-0.4, -0.2) is 36.5 Å². The Kier molecular flexibility index (Phi) is 7.09. The number of esters is 1. The summed E-state index contributed by atoms with van der Waals surface area (Å²) in [6.45, 7) is -2.33. The van der Waals surface area contributed by atoms with E-state index in [4.69, 9.17) is 4.74 Å². The lowest BCUT2D eigenvalue weighted by Gasteiger charge is -2.35. The summed E-state index contributed by atoms with van der Waals surface area (Å²) in [5, 5.41) is 5.02. The topological polar surface area (TPSA) is 93.7 Å². The van der Waals surface area contributed by atoms with Crippen LogP contribution in [0.1, 0.15) is 39.0 Å². The minimum Gasteiger partial charge on any atom is -0.454 e. The summed E-state index contributed by atoms with van der Waals surface area (Å²) in [7, 11) is 0. The first-order valence-corrected chi connectivity index (χ1v) is 8.62. The van der Waals surface area contributed by atoms with Gasteiger partial charge in [-0.15, -0.1) is 0 Å². The van der Waals surface area contributed by atoms with E-state index in [2.05, 4.69) is 15.4 Å². The Morgan fingerprint density at radius 1 is 1.15 bits per heavy atom. The summed E-state index contributed by atoms with van der Waals surface area (Å²) in [6, 6.07) is 5.68. The zero-order chi connectivity index (χ0) is 19.9. The molecule has 2 amide bonds. The number of ether oxygens (including phenoxy) is 2. The molecule has 1 aromatic rings. The molecule has 7 nitrogen and oxygen atoms in total. The van der Waals surface area contributed by atoms with Gasteiger partial charge >= 0.3 is 12.6 Å². The smallest absolute Gasteiger partial charge is 0.387 e. The molecule has 1 saturated carbocycles. The Hall–Kier alpha value is -2.71. The van der Waals surface area contributed by atoms with Crippen LogP contribution in [0.4, 0.5) is 14.5 Å². The standard InChI is InChI=1S/C18H22F2N2O5/c1-12(23)22-18(9-5-2-6-10-18)16(25)26-11-15(24)21-13-7-3-4-8-14(13)27-17(19)20/h3-4,7-8,17H,2,5-6,9-11H2,1H3,(H,21,24)(H,22,23). The first kappa shape index (κ1) is 20.6. The van der Waals surface area contributed by atoms with E-state index >= 15 is 0 Å². The average Bonchev–Trinajstić information content (AvgIpc) is 2.61. The third-order valence-corrected chi connectivity index (χ3v) is 4.22. The maximum absolute atomic E-state index is 12.5. The summed E-state index contributed by atoms with van der Waals surface area (Å²) in [5.74, 6) is -1.93. The predicted molar refractivity (Wildman–Crippen MR) is 92.3 cm³/mol. The monoisotopic (exact) mass is 384 g/mol. The molecule has 0 unspecified atom stereocenters. The highest BCUT2D eigenvalue weighted by Gasteiger charge is 2.42. The minimum absolute atomic E-state index is 0.0353. The fourth-order valence-corrected chi connectivity index (χ4v) is 3.10. The number of anilines is 1. The third-order valence-electron chi connectivity index (χ3n) is 4.22. The van der Waals surface area contributed by atoms with Gasteiger partial charge in [0, 0.05) is 6.92 Å². The summed E-state index contributed by atoms with van der Waals surface area (Å²) in [4.78, 5) is 36.0. The van der Waals surface area contributed by atoms with Gasteiger partial charge in [0.2, 0.25) is 5.91 Å². The van der Waals surface area contributed by atoms with Gasteiger partial charge in [0.25, 0.3) is 5.91 Å². The predicted octanol–water partition coefficient (Wildman–Crippen LogP) is 2.61. The van der Waals surface area contributed by atoms with Gasteiger partial charge in [-0.3, -0.25) is 9.59 Å². The van der Waals surface area contributed by atoms with Crippen LogP contribution in [0.2, 0.25) is 0 Å². The van der Waals surface area contributed by atoms with Gasteiger partial charge in [-0.1, -0.05) is 31.4 Å². The van der Waals surface area contributed by atoms with E-state index in [1.54, 1.807) is 0 Å². The first-order valence-electron chi connectivity index (χ1n) is 8.62. The largest absolute Gasteiger partial charge is 0.454 e. The summed E-state index contributed by atoms with van der Waals surface area (Å²) >= 11 is 0. The van der Waals surface area contributed by atoms with E-state index in [0.29, 0.717) is 12.8 Å². The van der Waals surface area contributed by atoms with Crippen molar-refractivity contribution in [2.45, 2.75) is 51.2 Å². The molecule has 1 aliphatic carbocycles. The number of hydrogen-bond acceptors (Lipinski definition) is 5. The maximum Gasteiger partial charge on any atom is 0.387 e. The molecule has 1 fully saturated rings. The highest BCUT2D eigenvalue weighted by atomic mass is 19.3. The second-order valence-electron chi connectivity index (χ2n) is 6.32. The van der Waals surface area contributed by atoms with Gasteiger partial charge in [0.05, 0.1) is 5.69 Å². The summed E-state index contributed by atoms with van der Waals surface area (Å²) in [6.07, 6.45) is 3.37. The van der Waals surface area contributed by atoms with Gasteiger partial charge < -0.3 is 20.1 Å². The molecule has 0 heterocycles. The van der Waals surface area contributed by atoms with Crippen molar-refractivity contribution in [3.8, 4) is 5.75 Å². The Balaban J connectivity index is 1.96. The lowest BCUT2D eigenvalue weighted by Crippen LogP contribution is -2.56. The van der Waals surface area contributed by atoms with Crippen LogP contribution in [0.25, 0.3) is 0 Å². The number of amides is 2. The molecule has 0 saturated heterocycles. The van der Waals surface area contributed by atoms with Crippen molar-refractivity contribution in [2.75, 3.05) is 11.9 Å². The number of hydrogen-bond donors (Lipinski definition) is 2. The van der Waals surface area contributed by atoms with Gasteiger partial charge in [-0.2, -0.15) is 8.78 Å². The normalized spacial score (nSPS) is 15.7. The number of alkyl halides is 2. The van der Waals surface area contributed by atoms with Crippen LogP contribution < -0.4 is 15.4 Å². The Labute approximate surface area is 155 Å². The summed E-state index contributed by atoms with van der Waals surface area (Å²) in [5.41, 5.74) is -1.09. The van der Waals surface area contributed by atoms with E-state index in [9.17, 15) is 23.2 Å². The van der Waals surface area contributed by atoms with Crippen molar-refractivity contribution in [2.24, 2.45) is 0 Å². The van der Waals surface area contributed by atoms with Crippen molar-refractivity contribution in [3.63, 3.8) is 0 Å². The highest BCUT2D eigenvalue weighted by molar-refractivity contribution is 5.95. The number of carbonyl (C=O) groups excluding carboxylic acids is 3. The lowest BCUT2D eigenvalue weighted by molar-refractivity contribution is -0.157. The zero-order valence-electron chi connectivity index (χ0n) is 14.9. The van der Waals surface area contributed by atoms with Gasteiger partial charge in [-0.25, -0.2) is 4.79 Å². The molecular formula is C18H22F2N2O5. The van der Waals surface area contributed by atoms with Crippen LogP contribution in [-0.2, 0) is 19.1 Å². The first-order chi connectivity index (χ1) is 12.8. The minimum atomic E-state index is -3.04. The van der Waals surface area contributed by atoms with E-state index in [1.807, 2.05) is 0 Å². The molecule has 148 valence electrons. The second-order valence-corrected chi connectivity index (χ2v) is 6.32. The van der Waals surface area contributed by atoms with Crippen molar-refractivity contribution in [1.29, 1.82) is 0 Å². The molecule has 2 N–H and O–H groups in total. The molecular weight excluding hydrogens is 362 g/mol. The SMILES string of the molecule is CC(=O)NC1(C(=O)OCC(=O)Nc2ccccc2OC(F)F)CCCCC1. The van der Waals surface area contributed by atoms with E-state index in [0.717, 1.165) is 19.3 Å². The van der Waals surface area contributed by atoms with Crippen LogP contribution in [0.15, 0.2) is 24.3 Å². The Morgan fingerprint density at radius 3 is 2.44 bits per heavy atom. The zero-order valence-corrected chi connectivity index (χ0v) is 14.9. The maximum atomic E-state index is 12.5. The number of nitrogens with one attached hydrogen (secondary N) is 2. The molecule has 0 bridgehead atoms. The molecule has 0 spiro atoms. The van der Waals surface area contributed by atoms with Gasteiger partial charge in [0.15, 0.2) is 6.61 Å². The van der Waals surface area contributed by atoms with E-state index in [1.165, 1.54) is 31.2 Å². The van der Waals surface area contributed by atoms with Crippen LogP contribution in [0.3, 0.4) is 0 Å². The molecule has 1 aromatic carbocycles. The Bertz CT molecular complexity index is 690. The molecule has 9 heteroatoms. The average molecular weight is 384 g/mol. The molecule has 1 aliphatic rings. The second kappa shape index (κ2) is 9.29. The molecule has 0 radical (unpaired) electrons. The van der Waals surface area contributed by atoms with Crippen molar-refractivity contribution in [3.05, 3.63) is 24.3 Å². The summed E-state index contributed by atoms with van der Waals surface area (Å²) < 4.78 is 34.2. The van der Waals surface area contributed by atoms with Gasteiger partial charge in [0.1, 0.15) is 11.3 Å². The number of carbonyl (C=O) groups is 3. The Morgan fingerprint density at radius 2 is 1.81 bits per heavy atom. The van der Waals surface area contributed by atoms with Crippen LogP contribution >= 0.6 is 0 Å². The molecule has 27 heavy (non-hydrogen) atoms.